The van der Waals surface area contributed by atoms with Gasteiger partial charge in [0, 0.05) is 31.4 Å². The van der Waals surface area contributed by atoms with Gasteiger partial charge in [0.1, 0.15) is 5.82 Å². The maximum atomic E-state index is 13.0. The summed E-state index contributed by atoms with van der Waals surface area (Å²) >= 11 is 0. The van der Waals surface area contributed by atoms with E-state index in [1.165, 1.54) is 6.07 Å². The minimum absolute atomic E-state index is 0.0530. The number of halogens is 4. The maximum Gasteiger partial charge on any atom is 0.418 e. The van der Waals surface area contributed by atoms with Crippen molar-refractivity contribution in [3.63, 3.8) is 0 Å². The van der Waals surface area contributed by atoms with Crippen LogP contribution < -0.4 is 10.2 Å². The molecule has 1 aliphatic heterocycles. The first-order valence-corrected chi connectivity index (χ1v) is 5.73. The molecule has 0 radical (unpaired) electrons. The van der Waals surface area contributed by atoms with Crippen LogP contribution in [-0.2, 0) is 6.18 Å². The summed E-state index contributed by atoms with van der Waals surface area (Å²) in [5.41, 5.74) is -0.853. The van der Waals surface area contributed by atoms with Gasteiger partial charge in [0.15, 0.2) is 0 Å². The minimum atomic E-state index is -4.54. The number of rotatable bonds is 1. The van der Waals surface area contributed by atoms with E-state index in [-0.39, 0.29) is 11.7 Å². The summed E-state index contributed by atoms with van der Waals surface area (Å²) < 4.78 is 51.6. The van der Waals surface area contributed by atoms with Crippen molar-refractivity contribution in [3.8, 4) is 0 Å². The number of alkyl halides is 3. The molecule has 6 heteroatoms. The topological polar surface area (TPSA) is 15.3 Å². The zero-order valence-corrected chi connectivity index (χ0v) is 9.89. The molecule has 1 aromatic rings. The summed E-state index contributed by atoms with van der Waals surface area (Å²) in [5, 5.41) is 3.15. The highest BCUT2D eigenvalue weighted by Gasteiger charge is 2.35. The average Bonchev–Trinajstić information content (AvgIpc) is 2.27. The van der Waals surface area contributed by atoms with Gasteiger partial charge in [-0.15, -0.1) is 0 Å². The van der Waals surface area contributed by atoms with Crippen LogP contribution in [0.25, 0.3) is 0 Å². The lowest BCUT2D eigenvalue weighted by atomic mass is 10.1. The lowest BCUT2D eigenvalue weighted by molar-refractivity contribution is -0.137. The van der Waals surface area contributed by atoms with Gasteiger partial charge in [0.25, 0.3) is 0 Å². The molecule has 100 valence electrons. The third-order valence-electron chi connectivity index (χ3n) is 2.97. The predicted molar refractivity (Wildman–Crippen MR) is 61.1 cm³/mol. The summed E-state index contributed by atoms with van der Waals surface area (Å²) in [6.45, 7) is 3.49. The highest BCUT2D eigenvalue weighted by molar-refractivity contribution is 5.55. The van der Waals surface area contributed by atoms with Crippen molar-refractivity contribution in [1.82, 2.24) is 5.32 Å². The van der Waals surface area contributed by atoms with Crippen LogP contribution in [0.3, 0.4) is 0 Å². The molecule has 0 saturated carbocycles. The number of nitrogens with zero attached hydrogens (tertiary/aromatic N) is 1. The van der Waals surface area contributed by atoms with E-state index in [1.54, 1.807) is 4.90 Å². The molecule has 1 heterocycles. The second kappa shape index (κ2) is 4.76. The van der Waals surface area contributed by atoms with Gasteiger partial charge in [-0.1, -0.05) is 0 Å². The molecule has 0 spiro atoms. The van der Waals surface area contributed by atoms with Crippen molar-refractivity contribution in [2.75, 3.05) is 24.5 Å². The molecule has 1 aromatic carbocycles. The molecular formula is C12H14F4N2. The van der Waals surface area contributed by atoms with E-state index < -0.39 is 17.6 Å². The second-order valence-electron chi connectivity index (χ2n) is 4.46. The fraction of sp³-hybridized carbons (Fsp3) is 0.500. The normalized spacial score (nSPS) is 21.2. The van der Waals surface area contributed by atoms with E-state index in [1.807, 2.05) is 6.92 Å². The number of benzene rings is 1. The zero-order valence-electron chi connectivity index (χ0n) is 9.89. The molecule has 1 atom stereocenters. The van der Waals surface area contributed by atoms with Gasteiger partial charge >= 0.3 is 6.18 Å². The molecule has 2 nitrogen and oxygen atoms in total. The van der Waals surface area contributed by atoms with Crippen LogP contribution in [0.2, 0.25) is 0 Å². The Bertz CT molecular complexity index is 431. The largest absolute Gasteiger partial charge is 0.418 e. The van der Waals surface area contributed by atoms with Gasteiger partial charge in [-0.25, -0.2) is 4.39 Å². The lowest BCUT2D eigenvalue weighted by Crippen LogP contribution is -2.49. The summed E-state index contributed by atoms with van der Waals surface area (Å²) in [7, 11) is 0. The van der Waals surface area contributed by atoms with Gasteiger partial charge in [-0.2, -0.15) is 13.2 Å². The Morgan fingerprint density at radius 2 is 2.06 bits per heavy atom. The number of piperazine rings is 1. The van der Waals surface area contributed by atoms with E-state index in [4.69, 9.17) is 0 Å². The van der Waals surface area contributed by atoms with Crippen LogP contribution in [0.15, 0.2) is 18.2 Å². The molecule has 0 bridgehead atoms. The Labute approximate surface area is 103 Å². The first-order chi connectivity index (χ1) is 8.38. The van der Waals surface area contributed by atoms with Crippen molar-refractivity contribution in [1.29, 1.82) is 0 Å². The Hall–Kier alpha value is -1.30. The van der Waals surface area contributed by atoms with Gasteiger partial charge in [-0.3, -0.25) is 0 Å². The van der Waals surface area contributed by atoms with Gasteiger partial charge in [-0.05, 0) is 25.1 Å². The molecule has 18 heavy (non-hydrogen) atoms. The molecule has 0 aromatic heterocycles. The Morgan fingerprint density at radius 1 is 1.33 bits per heavy atom. The molecule has 1 aliphatic rings. The molecule has 0 aliphatic carbocycles. The molecule has 2 rings (SSSR count). The van der Waals surface area contributed by atoms with Crippen LogP contribution in [0.4, 0.5) is 23.2 Å². The van der Waals surface area contributed by atoms with E-state index in [0.29, 0.717) is 25.7 Å². The van der Waals surface area contributed by atoms with E-state index in [2.05, 4.69) is 5.32 Å². The minimum Gasteiger partial charge on any atom is -0.368 e. The lowest BCUT2D eigenvalue weighted by Gasteiger charge is -2.35. The molecule has 1 fully saturated rings. The van der Waals surface area contributed by atoms with Crippen molar-refractivity contribution in [3.05, 3.63) is 29.6 Å². The fourth-order valence-corrected chi connectivity index (χ4v) is 2.16. The predicted octanol–water partition coefficient (Wildman–Crippen LogP) is 2.64. The van der Waals surface area contributed by atoms with Crippen LogP contribution >= 0.6 is 0 Å². The number of hydrogen-bond donors (Lipinski definition) is 1. The SMILES string of the molecule is C[C@H]1CN(c2ccc(F)cc2C(F)(F)F)CCN1. The molecule has 1 N–H and O–H groups in total. The van der Waals surface area contributed by atoms with E-state index in [0.717, 1.165) is 6.07 Å². The Morgan fingerprint density at radius 3 is 2.67 bits per heavy atom. The van der Waals surface area contributed by atoms with E-state index >= 15 is 0 Å². The van der Waals surface area contributed by atoms with Crippen LogP contribution in [0.1, 0.15) is 12.5 Å². The third kappa shape index (κ3) is 2.75. The Balaban J connectivity index is 2.37. The first-order valence-electron chi connectivity index (χ1n) is 5.73. The molecular weight excluding hydrogens is 248 g/mol. The number of anilines is 1. The van der Waals surface area contributed by atoms with Crippen molar-refractivity contribution >= 4 is 5.69 Å². The van der Waals surface area contributed by atoms with Crippen LogP contribution in [0.5, 0.6) is 0 Å². The smallest absolute Gasteiger partial charge is 0.368 e. The van der Waals surface area contributed by atoms with Crippen LogP contribution in [0, 0.1) is 5.82 Å². The summed E-state index contributed by atoms with van der Waals surface area (Å²) in [6.07, 6.45) is -4.54. The number of hydrogen-bond acceptors (Lipinski definition) is 2. The van der Waals surface area contributed by atoms with Crippen molar-refractivity contribution in [2.24, 2.45) is 0 Å². The summed E-state index contributed by atoms with van der Waals surface area (Å²) in [4.78, 5) is 1.64. The summed E-state index contributed by atoms with van der Waals surface area (Å²) in [5.74, 6) is -0.866. The third-order valence-corrected chi connectivity index (χ3v) is 2.97. The average molecular weight is 262 g/mol. The number of nitrogens with one attached hydrogen (secondary N) is 1. The monoisotopic (exact) mass is 262 g/mol. The van der Waals surface area contributed by atoms with Gasteiger partial charge in [0.2, 0.25) is 0 Å². The van der Waals surface area contributed by atoms with E-state index in [9.17, 15) is 17.6 Å². The zero-order chi connectivity index (χ0) is 13.3. The first kappa shape index (κ1) is 13.1. The highest BCUT2D eigenvalue weighted by Crippen LogP contribution is 2.37. The molecule has 0 amide bonds. The quantitative estimate of drug-likeness (QED) is 0.783. The summed E-state index contributed by atoms with van der Waals surface area (Å²) in [6, 6.07) is 2.94. The van der Waals surface area contributed by atoms with Gasteiger partial charge < -0.3 is 10.2 Å². The van der Waals surface area contributed by atoms with Crippen molar-refractivity contribution in [2.45, 2.75) is 19.1 Å². The van der Waals surface area contributed by atoms with Gasteiger partial charge in [0.05, 0.1) is 5.56 Å². The molecule has 1 saturated heterocycles. The molecule has 0 unspecified atom stereocenters. The van der Waals surface area contributed by atoms with Crippen LogP contribution in [-0.4, -0.2) is 25.7 Å². The fourth-order valence-electron chi connectivity index (χ4n) is 2.16. The standard InChI is InChI=1S/C12H14F4N2/c1-8-7-18(5-4-17-8)11-3-2-9(13)6-10(11)12(14,15)16/h2-3,6,8,17H,4-5,7H2,1H3/t8-/m0/s1. The Kier molecular flexibility index (Phi) is 3.47. The maximum absolute atomic E-state index is 13.0. The second-order valence-corrected chi connectivity index (χ2v) is 4.46. The van der Waals surface area contributed by atoms with Crippen molar-refractivity contribution < 1.29 is 17.6 Å². The highest BCUT2D eigenvalue weighted by atomic mass is 19.4.